The summed E-state index contributed by atoms with van der Waals surface area (Å²) in [6.07, 6.45) is 0.667. The Hall–Kier alpha value is -2.07. The van der Waals surface area contributed by atoms with E-state index in [1.54, 1.807) is 12.1 Å². The summed E-state index contributed by atoms with van der Waals surface area (Å²) in [4.78, 5) is 11.3. The van der Waals surface area contributed by atoms with Gasteiger partial charge in [0.2, 0.25) is 5.76 Å². The van der Waals surface area contributed by atoms with E-state index in [1.165, 1.54) is 18.2 Å². The number of nitrogens with two attached hydrogens (primary N) is 1. The van der Waals surface area contributed by atoms with Crippen molar-refractivity contribution in [2.45, 2.75) is 19.4 Å². The highest BCUT2D eigenvalue weighted by molar-refractivity contribution is 5.86. The van der Waals surface area contributed by atoms with Gasteiger partial charge in [0, 0.05) is 0 Å². The highest BCUT2D eigenvalue weighted by atomic mass is 16.5. The van der Waals surface area contributed by atoms with Crippen LogP contribution in [0.5, 0.6) is 0 Å². The number of furan rings is 1. The number of ether oxygens (including phenoxy) is 1. The number of aryl methyl sites for hydroxylation is 1. The van der Waals surface area contributed by atoms with Crippen LogP contribution >= 0.6 is 0 Å². The molecule has 4 nitrogen and oxygen atoms in total. The van der Waals surface area contributed by atoms with Gasteiger partial charge in [-0.25, -0.2) is 4.79 Å². The van der Waals surface area contributed by atoms with Crippen LogP contribution in [-0.2, 0) is 11.2 Å². The molecule has 2 aromatic rings. The van der Waals surface area contributed by atoms with E-state index < -0.39 is 5.97 Å². The van der Waals surface area contributed by atoms with E-state index in [2.05, 4.69) is 4.74 Å². The van der Waals surface area contributed by atoms with E-state index in [1.807, 2.05) is 31.2 Å². The van der Waals surface area contributed by atoms with Gasteiger partial charge in [0.15, 0.2) is 0 Å². The Bertz CT molecular complexity index is 574. The summed E-state index contributed by atoms with van der Waals surface area (Å²) in [7, 11) is 1.32. The lowest BCUT2D eigenvalue weighted by Crippen LogP contribution is -2.13. The molecule has 0 aliphatic rings. The predicted molar refractivity (Wildman–Crippen MR) is 71.9 cm³/mol. The van der Waals surface area contributed by atoms with Gasteiger partial charge in [0.05, 0.1) is 13.2 Å². The number of benzene rings is 1. The third-order valence-electron chi connectivity index (χ3n) is 3.08. The molecule has 0 radical (unpaired) electrons. The normalized spacial score (nSPS) is 12.2. The first-order valence-electron chi connectivity index (χ1n) is 6.10. The monoisotopic (exact) mass is 259 g/mol. The molecule has 0 saturated carbocycles. The van der Waals surface area contributed by atoms with Crippen LogP contribution in [0.2, 0.25) is 0 Å². The standard InChI is InChI=1S/C15H17NO3/c1-10-5-3-4-6-11(10)9-12(16)13-7-8-14(19-13)15(17)18-2/h3-8,12H,9,16H2,1-2H3. The SMILES string of the molecule is COC(=O)c1ccc(C(N)Cc2ccccc2C)o1. The lowest BCUT2D eigenvalue weighted by atomic mass is 10.0. The van der Waals surface area contributed by atoms with Gasteiger partial charge in [-0.05, 0) is 36.6 Å². The van der Waals surface area contributed by atoms with Gasteiger partial charge in [-0.1, -0.05) is 24.3 Å². The van der Waals surface area contributed by atoms with Crippen LogP contribution in [0.25, 0.3) is 0 Å². The highest BCUT2D eigenvalue weighted by Crippen LogP contribution is 2.20. The molecule has 2 rings (SSSR count). The summed E-state index contributed by atoms with van der Waals surface area (Å²) >= 11 is 0. The predicted octanol–water partition coefficient (Wildman–Crippen LogP) is 2.62. The molecule has 1 aromatic carbocycles. The second-order valence-electron chi connectivity index (χ2n) is 4.43. The molecule has 0 bridgehead atoms. The summed E-state index contributed by atoms with van der Waals surface area (Å²) in [5, 5.41) is 0. The molecule has 1 heterocycles. The number of hydrogen-bond acceptors (Lipinski definition) is 4. The van der Waals surface area contributed by atoms with Crippen LogP contribution in [0.15, 0.2) is 40.8 Å². The van der Waals surface area contributed by atoms with Crippen molar-refractivity contribution in [3.8, 4) is 0 Å². The zero-order valence-corrected chi connectivity index (χ0v) is 11.1. The molecule has 1 unspecified atom stereocenters. The molecule has 0 saturated heterocycles. The molecule has 0 aliphatic heterocycles. The van der Waals surface area contributed by atoms with Crippen molar-refractivity contribution in [2.75, 3.05) is 7.11 Å². The van der Waals surface area contributed by atoms with Gasteiger partial charge >= 0.3 is 5.97 Å². The number of carbonyl (C=O) groups is 1. The molecule has 0 spiro atoms. The van der Waals surface area contributed by atoms with Gasteiger partial charge in [0.25, 0.3) is 0 Å². The highest BCUT2D eigenvalue weighted by Gasteiger charge is 2.16. The Morgan fingerprint density at radius 1 is 1.32 bits per heavy atom. The Labute approximate surface area is 112 Å². The fraction of sp³-hybridized carbons (Fsp3) is 0.267. The van der Waals surface area contributed by atoms with Crippen molar-refractivity contribution in [3.05, 3.63) is 59.0 Å². The number of rotatable bonds is 4. The van der Waals surface area contributed by atoms with Gasteiger partial charge < -0.3 is 14.9 Å². The van der Waals surface area contributed by atoms with Gasteiger partial charge in [-0.2, -0.15) is 0 Å². The molecular weight excluding hydrogens is 242 g/mol. The zero-order valence-electron chi connectivity index (χ0n) is 11.1. The molecule has 4 heteroatoms. The zero-order chi connectivity index (χ0) is 13.8. The van der Waals surface area contributed by atoms with Crippen LogP contribution in [0.1, 0.15) is 33.5 Å². The number of methoxy groups -OCH3 is 1. The van der Waals surface area contributed by atoms with E-state index in [4.69, 9.17) is 10.2 Å². The summed E-state index contributed by atoms with van der Waals surface area (Å²) in [5.41, 5.74) is 8.47. The molecule has 0 fully saturated rings. The van der Waals surface area contributed by atoms with E-state index in [-0.39, 0.29) is 11.8 Å². The summed E-state index contributed by atoms with van der Waals surface area (Å²) in [6.45, 7) is 2.05. The minimum Gasteiger partial charge on any atom is -0.463 e. The molecule has 100 valence electrons. The lowest BCUT2D eigenvalue weighted by molar-refractivity contribution is 0.0562. The van der Waals surface area contributed by atoms with Crippen LogP contribution in [0, 0.1) is 6.92 Å². The Balaban J connectivity index is 2.12. The Morgan fingerprint density at radius 3 is 2.74 bits per heavy atom. The maximum absolute atomic E-state index is 11.3. The van der Waals surface area contributed by atoms with Crippen molar-refractivity contribution in [3.63, 3.8) is 0 Å². The first-order valence-corrected chi connectivity index (χ1v) is 6.10. The third kappa shape index (κ3) is 3.03. The smallest absolute Gasteiger partial charge is 0.373 e. The molecule has 2 N–H and O–H groups in total. The van der Waals surface area contributed by atoms with Crippen LogP contribution in [0.3, 0.4) is 0 Å². The fourth-order valence-electron chi connectivity index (χ4n) is 1.94. The second kappa shape index (κ2) is 5.71. The van der Waals surface area contributed by atoms with E-state index in [0.717, 1.165) is 0 Å². The molecular formula is C15H17NO3. The van der Waals surface area contributed by atoms with Crippen molar-refractivity contribution in [1.82, 2.24) is 0 Å². The fourth-order valence-corrected chi connectivity index (χ4v) is 1.94. The maximum atomic E-state index is 11.3. The number of carbonyl (C=O) groups excluding carboxylic acids is 1. The minimum atomic E-state index is -0.491. The van der Waals surface area contributed by atoms with Crippen molar-refractivity contribution >= 4 is 5.97 Å². The Morgan fingerprint density at radius 2 is 2.05 bits per heavy atom. The largest absolute Gasteiger partial charge is 0.463 e. The van der Waals surface area contributed by atoms with Crippen molar-refractivity contribution < 1.29 is 13.9 Å². The van der Waals surface area contributed by atoms with Crippen LogP contribution in [-0.4, -0.2) is 13.1 Å². The van der Waals surface area contributed by atoms with Gasteiger partial charge in [-0.15, -0.1) is 0 Å². The maximum Gasteiger partial charge on any atom is 0.373 e. The third-order valence-corrected chi connectivity index (χ3v) is 3.08. The van der Waals surface area contributed by atoms with E-state index in [9.17, 15) is 4.79 Å². The topological polar surface area (TPSA) is 65.5 Å². The summed E-state index contributed by atoms with van der Waals surface area (Å²) in [5.74, 6) is 0.274. The average Bonchev–Trinajstić information content (AvgIpc) is 2.90. The number of hydrogen-bond donors (Lipinski definition) is 1. The summed E-state index contributed by atoms with van der Waals surface area (Å²) in [6, 6.07) is 11.1. The summed E-state index contributed by atoms with van der Waals surface area (Å²) < 4.78 is 10.0. The first-order chi connectivity index (χ1) is 9.11. The van der Waals surface area contributed by atoms with Crippen LogP contribution in [0.4, 0.5) is 0 Å². The van der Waals surface area contributed by atoms with Gasteiger partial charge in [0.1, 0.15) is 5.76 Å². The molecule has 19 heavy (non-hydrogen) atoms. The van der Waals surface area contributed by atoms with Crippen molar-refractivity contribution in [1.29, 1.82) is 0 Å². The molecule has 1 aromatic heterocycles. The van der Waals surface area contributed by atoms with E-state index in [0.29, 0.717) is 12.2 Å². The lowest BCUT2D eigenvalue weighted by Gasteiger charge is -2.11. The molecule has 1 atom stereocenters. The molecule has 0 amide bonds. The minimum absolute atomic E-state index is 0.178. The quantitative estimate of drug-likeness (QED) is 0.857. The average molecular weight is 259 g/mol. The van der Waals surface area contributed by atoms with Crippen LogP contribution < -0.4 is 5.73 Å². The van der Waals surface area contributed by atoms with Gasteiger partial charge in [-0.3, -0.25) is 0 Å². The van der Waals surface area contributed by atoms with E-state index >= 15 is 0 Å². The van der Waals surface area contributed by atoms with Crippen molar-refractivity contribution in [2.24, 2.45) is 5.73 Å². The number of esters is 1. The Kier molecular flexibility index (Phi) is 4.02. The molecule has 0 aliphatic carbocycles. The first kappa shape index (κ1) is 13.4. The second-order valence-corrected chi connectivity index (χ2v) is 4.43.